The van der Waals surface area contributed by atoms with Crippen LogP contribution in [0.1, 0.15) is 183 Å². The summed E-state index contributed by atoms with van der Waals surface area (Å²) in [7, 11) is 1.29. The zero-order chi connectivity index (χ0) is 47.3. The fourth-order valence-electron chi connectivity index (χ4n) is 10.7. The Morgan fingerprint density at radius 1 is 0.833 bits per heavy atom. The molecule has 7 unspecified atom stereocenters. The fraction of sp³-hybridized carbons (Fsp3) is 0.600. The molecular weight excluding hydrogens is 837 g/mol. The van der Waals surface area contributed by atoms with Crippen molar-refractivity contribution in [2.45, 2.75) is 159 Å². The predicted octanol–water partition coefficient (Wildman–Crippen LogP) is 10.8. The van der Waals surface area contributed by atoms with Crippen LogP contribution in [0.25, 0.3) is 34.4 Å². The third-order valence-electron chi connectivity index (χ3n) is 14.8. The van der Waals surface area contributed by atoms with Crippen molar-refractivity contribution < 1.29 is 28.7 Å². The minimum Gasteiger partial charge on any atom is -0.681 e. The molecule has 2 aromatic heterocycles. The monoisotopic (exact) mass is 911 g/mol. The molecule has 3 aliphatic heterocycles. The molecule has 0 saturated carbocycles. The Morgan fingerprint density at radius 3 is 2.12 bits per heavy atom. The number of Topliss-reactive ketones (excluding diaryl/α,β-unsaturated/α-hetero) is 2. The predicted molar refractivity (Wildman–Crippen MR) is 266 cm³/mol. The second-order valence-electron chi connectivity index (χ2n) is 20.1. The smallest absolute Gasteiger partial charge is 0.681 e. The Balaban J connectivity index is 0.00000817. The van der Waals surface area contributed by atoms with Gasteiger partial charge in [-0.1, -0.05) is 146 Å². The molecule has 11 heteroatoms. The Labute approximate surface area is 410 Å². The van der Waals surface area contributed by atoms with Gasteiger partial charge in [-0.25, -0.2) is 0 Å². The SMILES string of the molecule is CCC1=C2/C=c3\[n-]c4c(c3C)C(=O)C(C(=O)OC)C=4C3[N-]/C(=C\c4[n-]c(c(C(C)=O)c4C)/C=C(\[N-]2)C1C)C(C)C3CCC(=O)OC/C=C(\C)CCCC(C)CCCC(C)CCCC(C)C.[Mg+2]. The molecule has 354 valence electrons. The molecule has 8 bridgehead atoms. The molecule has 5 heterocycles. The van der Waals surface area contributed by atoms with Crippen LogP contribution in [0.3, 0.4) is 0 Å². The van der Waals surface area contributed by atoms with Gasteiger partial charge >= 0.3 is 35.0 Å². The minimum absolute atomic E-state index is 0. The summed E-state index contributed by atoms with van der Waals surface area (Å²) in [5, 5.41) is 11.4. The summed E-state index contributed by atoms with van der Waals surface area (Å²) in [5.74, 6) is -0.844. The van der Waals surface area contributed by atoms with Crippen LogP contribution in [0.4, 0.5) is 0 Å². The van der Waals surface area contributed by atoms with Crippen molar-refractivity contribution >= 4 is 70.4 Å². The molecule has 7 atom stereocenters. The molecule has 1 aliphatic carbocycles. The Hall–Kier alpha value is -4.09. The van der Waals surface area contributed by atoms with Crippen molar-refractivity contribution in [3.63, 3.8) is 0 Å². The van der Waals surface area contributed by atoms with Gasteiger partial charge in [0, 0.05) is 17.5 Å². The Kier molecular flexibility index (Phi) is 18.6. The molecule has 2 aromatic rings. The summed E-state index contributed by atoms with van der Waals surface area (Å²) >= 11 is 0. The van der Waals surface area contributed by atoms with E-state index in [-0.39, 0.29) is 71.4 Å². The van der Waals surface area contributed by atoms with Crippen molar-refractivity contribution in [2.24, 2.45) is 41.4 Å². The summed E-state index contributed by atoms with van der Waals surface area (Å²) in [5.41, 5.74) is 8.66. The average molecular weight is 912 g/mol. The van der Waals surface area contributed by atoms with E-state index in [0.717, 1.165) is 53.6 Å². The number of nitrogens with zero attached hydrogens (tertiary/aromatic N) is 4. The van der Waals surface area contributed by atoms with Gasteiger partial charge in [0.15, 0.2) is 11.6 Å². The first-order valence-corrected chi connectivity index (χ1v) is 24.5. The summed E-state index contributed by atoms with van der Waals surface area (Å²) in [6, 6.07) is -0.661. The van der Waals surface area contributed by atoms with E-state index in [9.17, 15) is 19.2 Å². The Bertz CT molecular complexity index is 2390. The largest absolute Gasteiger partial charge is 2.00 e. The maximum absolute atomic E-state index is 14.4. The molecular formula is C55H74MgN4O6-2. The maximum Gasteiger partial charge on any atom is 2.00 e. The first kappa shape index (κ1) is 52.9. The number of hydrogen-bond acceptors (Lipinski definition) is 6. The van der Waals surface area contributed by atoms with Gasteiger partial charge in [-0.3, -0.25) is 19.2 Å². The van der Waals surface area contributed by atoms with E-state index in [4.69, 9.17) is 30.1 Å². The van der Waals surface area contributed by atoms with Crippen molar-refractivity contribution in [2.75, 3.05) is 13.7 Å². The van der Waals surface area contributed by atoms with E-state index in [0.29, 0.717) is 62.4 Å². The number of fused-ring (bicyclic) bond motifs is 8. The van der Waals surface area contributed by atoms with E-state index in [1.165, 1.54) is 57.6 Å². The van der Waals surface area contributed by atoms with Crippen LogP contribution in [-0.2, 0) is 19.1 Å². The number of allylic oxidation sites excluding steroid dienone is 4. The summed E-state index contributed by atoms with van der Waals surface area (Å²) in [6.07, 6.45) is 20.3. The van der Waals surface area contributed by atoms with Gasteiger partial charge in [0.25, 0.3) is 0 Å². The van der Waals surface area contributed by atoms with Gasteiger partial charge in [-0.2, -0.15) is 11.4 Å². The van der Waals surface area contributed by atoms with E-state index in [1.807, 2.05) is 38.2 Å². The third-order valence-corrected chi connectivity index (χ3v) is 14.8. The quantitative estimate of drug-likeness (QED) is 0.0420. The molecule has 66 heavy (non-hydrogen) atoms. The first-order chi connectivity index (χ1) is 30.9. The van der Waals surface area contributed by atoms with Crippen LogP contribution in [0.2, 0.25) is 0 Å². The minimum atomic E-state index is -1.21. The van der Waals surface area contributed by atoms with Gasteiger partial charge < -0.3 is 30.1 Å². The number of ketones is 2. The molecule has 0 spiro atoms. The van der Waals surface area contributed by atoms with Gasteiger partial charge in [0.2, 0.25) is 0 Å². The topological polar surface area (TPSA) is 143 Å². The summed E-state index contributed by atoms with van der Waals surface area (Å²) in [6.45, 7) is 23.3. The van der Waals surface area contributed by atoms with Crippen molar-refractivity contribution in [1.82, 2.24) is 9.97 Å². The van der Waals surface area contributed by atoms with Gasteiger partial charge in [0.1, 0.15) is 12.5 Å². The van der Waals surface area contributed by atoms with Crippen molar-refractivity contribution in [3.8, 4) is 0 Å². The molecule has 0 aromatic carbocycles. The Morgan fingerprint density at radius 2 is 1.48 bits per heavy atom. The number of carbonyl (C=O) groups is 4. The molecule has 4 aliphatic rings. The van der Waals surface area contributed by atoms with Crippen LogP contribution < -0.4 is 20.7 Å². The van der Waals surface area contributed by atoms with E-state index >= 15 is 0 Å². The number of methoxy groups -OCH3 is 1. The number of aromatic nitrogens is 2. The molecule has 0 amide bonds. The standard InChI is InChI=1S/C55H75N4O6.Mg/c1-13-39-34(7)41-29-46-48(38(11)60)36(9)43(57-46)27-42-35(8)40(52(58-42)50-51(55(63)64-12)54(62)49-37(10)44(59-53(49)50)28-45(39)56-41)23-24-47(61)65-26-25-33(6)22-16-21-32(5)20-15-19-31(4)18-14-17-30(2)3;/h25,27-32,34-35,40,51-52H,13-24,26H2,1-12H3,(H-,56,57,60);/q-3;+2/p-1/b33-25+,42-27-,44-28-;. The van der Waals surface area contributed by atoms with E-state index < -0.39 is 17.9 Å². The number of carbonyl (C=O) groups excluding carboxylic acids is 4. The van der Waals surface area contributed by atoms with E-state index in [1.54, 1.807) is 6.92 Å². The third kappa shape index (κ3) is 11.8. The first-order valence-electron chi connectivity index (χ1n) is 24.5. The second-order valence-corrected chi connectivity index (χ2v) is 20.1. The zero-order valence-corrected chi connectivity index (χ0v) is 43.5. The summed E-state index contributed by atoms with van der Waals surface area (Å²) in [4.78, 5) is 64.7. The van der Waals surface area contributed by atoms with E-state index in [2.05, 4.69) is 55.4 Å². The number of esters is 2. The fourth-order valence-corrected chi connectivity index (χ4v) is 10.7. The second kappa shape index (κ2) is 23.3. The molecule has 1 fully saturated rings. The molecule has 10 nitrogen and oxygen atoms in total. The number of ether oxygens (including phenoxy) is 2. The van der Waals surface area contributed by atoms with Crippen molar-refractivity contribution in [1.29, 1.82) is 0 Å². The van der Waals surface area contributed by atoms with Crippen LogP contribution in [0, 0.1) is 55.3 Å². The van der Waals surface area contributed by atoms with Crippen LogP contribution >= 0.6 is 0 Å². The normalized spacial score (nSPS) is 24.1. The van der Waals surface area contributed by atoms with Crippen molar-refractivity contribution in [3.05, 3.63) is 89.3 Å². The van der Waals surface area contributed by atoms with Gasteiger partial charge in [0.05, 0.1) is 7.11 Å². The molecule has 1 saturated heterocycles. The maximum atomic E-state index is 14.4. The molecule has 0 radical (unpaired) electrons. The van der Waals surface area contributed by atoms with Gasteiger partial charge in [-0.05, 0) is 95.0 Å². The summed E-state index contributed by atoms with van der Waals surface area (Å²) < 4.78 is 11.1. The van der Waals surface area contributed by atoms with Crippen LogP contribution in [0.15, 0.2) is 34.3 Å². The molecule has 6 rings (SSSR count). The van der Waals surface area contributed by atoms with Crippen LogP contribution in [0.5, 0.6) is 0 Å². The average Bonchev–Trinajstić information content (AvgIpc) is 4.00. The number of rotatable bonds is 20. The molecule has 0 N–H and O–H groups in total. The zero-order valence-electron chi connectivity index (χ0n) is 42.1. The number of hydrogen-bond donors (Lipinski definition) is 0. The van der Waals surface area contributed by atoms with Gasteiger partial charge in [-0.15, -0.1) is 27.8 Å². The van der Waals surface area contributed by atoms with Crippen LogP contribution in [-0.4, -0.2) is 66.3 Å².